The smallest absolute Gasteiger partial charge is 0.330 e. The van der Waals surface area contributed by atoms with Crippen molar-refractivity contribution >= 4 is 5.97 Å². The number of ether oxygens (including phenoxy) is 5. The first-order valence-corrected chi connectivity index (χ1v) is 13.8. The normalized spacial score (nSPS) is 17.1. The van der Waals surface area contributed by atoms with Crippen LogP contribution >= 0.6 is 0 Å². The molecule has 0 saturated carbocycles. The molecule has 0 heterocycles. The number of rotatable bonds is 23. The zero-order valence-corrected chi connectivity index (χ0v) is 25.5. The summed E-state index contributed by atoms with van der Waals surface area (Å²) in [5, 5.41) is 55.6. The number of carboxylic acids is 1. The van der Waals surface area contributed by atoms with Crippen LogP contribution in [0.5, 0.6) is 0 Å². The SMILES string of the molecule is C=C(C)C(=O)O.CC(O)COC(C)COC(C)COC(C)COC(C)COC(C)C(O)CCC(CO)(CO)CO. The lowest BCUT2D eigenvalue weighted by molar-refractivity contribution is -0.132. The summed E-state index contributed by atoms with van der Waals surface area (Å²) in [6.07, 6.45) is -1.74. The topological polar surface area (TPSA) is 185 Å². The highest BCUT2D eigenvalue weighted by Gasteiger charge is 2.30. The number of hydrogen-bond donors (Lipinski definition) is 6. The number of aliphatic carboxylic acids is 1. The van der Waals surface area contributed by atoms with Crippen LogP contribution in [0.3, 0.4) is 0 Å². The largest absolute Gasteiger partial charge is 0.478 e. The molecule has 0 aromatic rings. The highest BCUT2D eigenvalue weighted by atomic mass is 16.6. The average Bonchev–Trinajstić information content (AvgIpc) is 2.92. The first kappa shape index (κ1) is 40.9. The molecular formula is C28H56O12. The van der Waals surface area contributed by atoms with Gasteiger partial charge in [0.1, 0.15) is 0 Å². The van der Waals surface area contributed by atoms with Gasteiger partial charge in [0.25, 0.3) is 0 Å². The third kappa shape index (κ3) is 21.5. The molecule has 240 valence electrons. The second kappa shape index (κ2) is 23.4. The van der Waals surface area contributed by atoms with Gasteiger partial charge >= 0.3 is 5.97 Å². The van der Waals surface area contributed by atoms with Gasteiger partial charge in [-0.2, -0.15) is 0 Å². The van der Waals surface area contributed by atoms with Crippen molar-refractivity contribution in [3.8, 4) is 0 Å². The Bertz CT molecular complexity index is 621. The number of carbonyl (C=O) groups is 1. The molecule has 0 radical (unpaired) electrons. The van der Waals surface area contributed by atoms with Crippen molar-refractivity contribution in [2.24, 2.45) is 5.41 Å². The summed E-state index contributed by atoms with van der Waals surface area (Å²) in [5.41, 5.74) is -0.824. The Balaban J connectivity index is 0. The van der Waals surface area contributed by atoms with Crippen molar-refractivity contribution in [1.29, 1.82) is 0 Å². The third-order valence-electron chi connectivity index (χ3n) is 5.95. The summed E-state index contributed by atoms with van der Waals surface area (Å²) in [6, 6.07) is 0. The Kier molecular flexibility index (Phi) is 23.9. The molecule has 0 rings (SSSR count). The quantitative estimate of drug-likeness (QED) is 0.0943. The Morgan fingerprint density at radius 2 is 1.02 bits per heavy atom. The van der Waals surface area contributed by atoms with Crippen LogP contribution in [-0.4, -0.2) is 132 Å². The molecule has 0 aromatic heterocycles. The first-order valence-electron chi connectivity index (χ1n) is 13.8. The van der Waals surface area contributed by atoms with Gasteiger partial charge < -0.3 is 54.3 Å². The lowest BCUT2D eigenvalue weighted by Crippen LogP contribution is -2.37. The summed E-state index contributed by atoms with van der Waals surface area (Å²) >= 11 is 0. The molecule has 7 unspecified atom stereocenters. The van der Waals surface area contributed by atoms with Gasteiger partial charge in [-0.15, -0.1) is 0 Å². The minimum absolute atomic E-state index is 0.107. The Morgan fingerprint density at radius 1 is 0.700 bits per heavy atom. The molecule has 0 aromatic carbocycles. The van der Waals surface area contributed by atoms with Crippen LogP contribution in [-0.2, 0) is 28.5 Å². The Hall–Kier alpha value is -1.19. The maximum absolute atomic E-state index is 10.3. The lowest BCUT2D eigenvalue weighted by Gasteiger charge is -2.29. The highest BCUT2D eigenvalue weighted by Crippen LogP contribution is 2.24. The van der Waals surface area contributed by atoms with Crippen molar-refractivity contribution in [2.45, 2.75) is 104 Å². The molecule has 0 fully saturated rings. The van der Waals surface area contributed by atoms with Crippen LogP contribution in [0, 0.1) is 5.41 Å². The van der Waals surface area contributed by atoms with E-state index in [0.29, 0.717) is 26.4 Å². The number of carboxylic acid groups (broad SMARTS) is 1. The molecule has 0 aliphatic carbocycles. The van der Waals surface area contributed by atoms with Gasteiger partial charge in [-0.05, 0) is 61.3 Å². The van der Waals surface area contributed by atoms with Gasteiger partial charge in [-0.1, -0.05) is 6.58 Å². The molecule has 12 heteroatoms. The van der Waals surface area contributed by atoms with Crippen LogP contribution < -0.4 is 0 Å². The lowest BCUT2D eigenvalue weighted by atomic mass is 9.84. The third-order valence-corrected chi connectivity index (χ3v) is 5.95. The van der Waals surface area contributed by atoms with Crippen molar-refractivity contribution in [3.05, 3.63) is 12.2 Å². The van der Waals surface area contributed by atoms with Crippen molar-refractivity contribution < 1.29 is 59.1 Å². The Morgan fingerprint density at radius 3 is 1.32 bits per heavy atom. The molecule has 0 spiro atoms. The number of aliphatic hydroxyl groups excluding tert-OH is 5. The van der Waals surface area contributed by atoms with E-state index in [9.17, 15) is 30.3 Å². The predicted molar refractivity (Wildman–Crippen MR) is 150 cm³/mol. The molecule has 7 atom stereocenters. The predicted octanol–water partition coefficient (Wildman–Crippen LogP) is 1.14. The van der Waals surface area contributed by atoms with E-state index >= 15 is 0 Å². The molecular weight excluding hydrogens is 528 g/mol. The van der Waals surface area contributed by atoms with E-state index in [2.05, 4.69) is 6.58 Å². The van der Waals surface area contributed by atoms with Crippen molar-refractivity contribution in [1.82, 2.24) is 0 Å². The van der Waals surface area contributed by atoms with E-state index in [4.69, 9.17) is 28.8 Å². The van der Waals surface area contributed by atoms with Crippen molar-refractivity contribution in [3.63, 3.8) is 0 Å². The van der Waals surface area contributed by atoms with Gasteiger partial charge in [0.2, 0.25) is 0 Å². The second-order valence-electron chi connectivity index (χ2n) is 10.6. The van der Waals surface area contributed by atoms with E-state index < -0.39 is 29.7 Å². The van der Waals surface area contributed by atoms with Gasteiger partial charge in [0.05, 0.1) is 95.6 Å². The summed E-state index contributed by atoms with van der Waals surface area (Å²) in [4.78, 5) is 9.60. The standard InChI is InChI=1S/C24H50O10.C4H6O2/c1-17(28)9-30-18(2)10-31-19(3)11-32-20(4)12-33-21(5)13-34-22(6)23(29)7-8-24(14-25,15-26)16-27;1-3(2)4(5)6/h17-23,25-29H,7-16H2,1-6H3;1H2,2H3,(H,5,6). The molecule has 0 saturated heterocycles. The van der Waals surface area contributed by atoms with E-state index in [1.807, 2.05) is 27.7 Å². The zero-order valence-electron chi connectivity index (χ0n) is 25.5. The summed E-state index contributed by atoms with van der Waals surface area (Å²) in [5.74, 6) is -0.935. The second-order valence-corrected chi connectivity index (χ2v) is 10.6. The maximum Gasteiger partial charge on any atom is 0.330 e. The fourth-order valence-corrected chi connectivity index (χ4v) is 2.87. The molecule has 0 bridgehead atoms. The van der Waals surface area contributed by atoms with Gasteiger partial charge in [0.15, 0.2) is 0 Å². The Labute approximate surface area is 239 Å². The molecule has 6 N–H and O–H groups in total. The first-order chi connectivity index (χ1) is 18.6. The van der Waals surface area contributed by atoms with Crippen LogP contribution in [0.2, 0.25) is 0 Å². The fourth-order valence-electron chi connectivity index (χ4n) is 2.87. The van der Waals surface area contributed by atoms with E-state index in [1.165, 1.54) is 6.92 Å². The molecule has 40 heavy (non-hydrogen) atoms. The minimum atomic E-state index is -1.000. The van der Waals surface area contributed by atoms with Crippen molar-refractivity contribution in [2.75, 3.05) is 52.9 Å². The van der Waals surface area contributed by atoms with Gasteiger partial charge in [-0.3, -0.25) is 0 Å². The van der Waals surface area contributed by atoms with Crippen LogP contribution in [0.25, 0.3) is 0 Å². The van der Waals surface area contributed by atoms with Crippen LogP contribution in [0.1, 0.15) is 61.3 Å². The minimum Gasteiger partial charge on any atom is -0.478 e. The molecule has 12 nitrogen and oxygen atoms in total. The van der Waals surface area contributed by atoms with Crippen LogP contribution in [0.15, 0.2) is 12.2 Å². The maximum atomic E-state index is 10.3. The zero-order chi connectivity index (χ0) is 31.3. The summed E-state index contributed by atoms with van der Waals surface area (Å²) < 4.78 is 28.4. The summed E-state index contributed by atoms with van der Waals surface area (Å²) in [6.45, 7) is 16.4. The van der Waals surface area contributed by atoms with E-state index in [0.717, 1.165) is 0 Å². The monoisotopic (exact) mass is 584 g/mol. The number of hydrogen-bond acceptors (Lipinski definition) is 11. The molecule has 0 aliphatic rings. The van der Waals surface area contributed by atoms with Gasteiger partial charge in [-0.25, -0.2) is 4.79 Å². The average molecular weight is 585 g/mol. The van der Waals surface area contributed by atoms with E-state index in [1.54, 1.807) is 13.8 Å². The molecule has 0 amide bonds. The number of aliphatic hydroxyl groups is 5. The highest BCUT2D eigenvalue weighted by molar-refractivity contribution is 5.84. The summed E-state index contributed by atoms with van der Waals surface area (Å²) in [7, 11) is 0. The molecule has 0 aliphatic heterocycles. The van der Waals surface area contributed by atoms with Crippen LogP contribution in [0.4, 0.5) is 0 Å². The van der Waals surface area contributed by atoms with E-state index in [-0.39, 0.29) is 69.3 Å². The van der Waals surface area contributed by atoms with Gasteiger partial charge in [0, 0.05) is 11.0 Å². The fraction of sp³-hybridized carbons (Fsp3) is 0.893.